The second-order valence-corrected chi connectivity index (χ2v) is 7.44. The van der Waals surface area contributed by atoms with Crippen molar-refractivity contribution < 1.29 is 0 Å². The van der Waals surface area contributed by atoms with Crippen LogP contribution in [0.1, 0.15) is 44.1 Å². The second kappa shape index (κ2) is 5.69. The molecule has 3 heteroatoms. The molecule has 0 radical (unpaired) electrons. The Morgan fingerprint density at radius 1 is 1.10 bits per heavy atom. The van der Waals surface area contributed by atoms with Gasteiger partial charge in [-0.1, -0.05) is 6.07 Å². The molecule has 3 heterocycles. The van der Waals surface area contributed by atoms with Crippen LogP contribution in [0.15, 0.2) is 24.5 Å². The Labute approximate surface area is 128 Å². The Hall–Kier alpha value is -0.930. The van der Waals surface area contributed by atoms with Gasteiger partial charge in [-0.2, -0.15) is 0 Å². The summed E-state index contributed by atoms with van der Waals surface area (Å²) in [6.45, 7) is 6.38. The van der Waals surface area contributed by atoms with E-state index < -0.39 is 0 Å². The van der Waals surface area contributed by atoms with Gasteiger partial charge in [-0.3, -0.25) is 9.88 Å². The summed E-state index contributed by atoms with van der Waals surface area (Å²) in [6.07, 6.45) is 12.5. The molecular weight excluding hydrogens is 258 g/mol. The highest BCUT2D eigenvalue weighted by molar-refractivity contribution is 5.09. The summed E-state index contributed by atoms with van der Waals surface area (Å²) in [4.78, 5) is 9.60. The van der Waals surface area contributed by atoms with Gasteiger partial charge in [-0.15, -0.1) is 0 Å². The van der Waals surface area contributed by atoms with Crippen LogP contribution in [0.25, 0.3) is 0 Å². The van der Waals surface area contributed by atoms with E-state index in [0.717, 1.165) is 12.6 Å². The van der Waals surface area contributed by atoms with Crippen molar-refractivity contribution in [3.05, 3.63) is 30.1 Å². The predicted octanol–water partition coefficient (Wildman–Crippen LogP) is 2.92. The average molecular weight is 285 g/mol. The smallest absolute Gasteiger partial charge is 0.0312 e. The molecule has 0 aromatic carbocycles. The standard InChI is InChI=1S/C18H27N3/c1-2-9-21(8-1)17-12-18(13-17)5-10-20(11-6-18)15-16-4-3-7-19-14-16/h3-4,7,14,17H,1-2,5-6,8-13,15H2. The van der Waals surface area contributed by atoms with Crippen LogP contribution in [-0.4, -0.2) is 47.0 Å². The zero-order chi connectivity index (χ0) is 14.1. The molecular formula is C18H27N3. The van der Waals surface area contributed by atoms with Gasteiger partial charge in [-0.25, -0.2) is 0 Å². The Bertz CT molecular complexity index is 451. The minimum absolute atomic E-state index is 0.707. The lowest BCUT2D eigenvalue weighted by molar-refractivity contribution is -0.0369. The maximum Gasteiger partial charge on any atom is 0.0312 e. The van der Waals surface area contributed by atoms with Crippen molar-refractivity contribution in [3.63, 3.8) is 0 Å². The average Bonchev–Trinajstić information content (AvgIpc) is 3.01. The van der Waals surface area contributed by atoms with Crippen molar-refractivity contribution in [1.82, 2.24) is 14.8 Å². The topological polar surface area (TPSA) is 19.4 Å². The van der Waals surface area contributed by atoms with Gasteiger partial charge in [0, 0.05) is 25.0 Å². The van der Waals surface area contributed by atoms with Gasteiger partial charge in [0.25, 0.3) is 0 Å². The van der Waals surface area contributed by atoms with Crippen molar-refractivity contribution in [1.29, 1.82) is 0 Å². The molecule has 21 heavy (non-hydrogen) atoms. The molecule has 3 nitrogen and oxygen atoms in total. The van der Waals surface area contributed by atoms with E-state index in [4.69, 9.17) is 0 Å². The van der Waals surface area contributed by atoms with Gasteiger partial charge in [0.15, 0.2) is 0 Å². The number of likely N-dealkylation sites (tertiary alicyclic amines) is 2. The fourth-order valence-electron chi connectivity index (χ4n) is 4.65. The lowest BCUT2D eigenvalue weighted by Crippen LogP contribution is -2.54. The number of rotatable bonds is 3. The van der Waals surface area contributed by atoms with Crippen LogP contribution in [0.4, 0.5) is 0 Å². The molecule has 2 saturated heterocycles. The minimum atomic E-state index is 0.707. The van der Waals surface area contributed by atoms with Crippen LogP contribution in [0.3, 0.4) is 0 Å². The molecule has 0 N–H and O–H groups in total. The summed E-state index contributed by atoms with van der Waals surface area (Å²) in [6, 6.07) is 5.18. The van der Waals surface area contributed by atoms with Crippen LogP contribution < -0.4 is 0 Å². The summed E-state index contributed by atoms with van der Waals surface area (Å²) in [5.74, 6) is 0. The van der Waals surface area contributed by atoms with E-state index >= 15 is 0 Å². The summed E-state index contributed by atoms with van der Waals surface area (Å²) >= 11 is 0. The zero-order valence-corrected chi connectivity index (χ0v) is 13.0. The molecule has 1 spiro atoms. The molecule has 1 aromatic heterocycles. The Balaban J connectivity index is 1.26. The molecule has 0 unspecified atom stereocenters. The van der Waals surface area contributed by atoms with Gasteiger partial charge in [0.1, 0.15) is 0 Å². The molecule has 114 valence electrons. The van der Waals surface area contributed by atoms with Crippen molar-refractivity contribution in [2.24, 2.45) is 5.41 Å². The molecule has 4 rings (SSSR count). The fraction of sp³-hybridized carbons (Fsp3) is 0.722. The number of nitrogens with zero attached hydrogens (tertiary/aromatic N) is 3. The summed E-state index contributed by atoms with van der Waals surface area (Å²) in [5, 5.41) is 0. The van der Waals surface area contributed by atoms with E-state index in [9.17, 15) is 0 Å². The van der Waals surface area contributed by atoms with Crippen LogP contribution in [-0.2, 0) is 6.54 Å². The molecule has 2 aliphatic heterocycles. The van der Waals surface area contributed by atoms with E-state index in [0.29, 0.717) is 5.41 Å². The first kappa shape index (κ1) is 13.7. The summed E-state index contributed by atoms with van der Waals surface area (Å²) in [7, 11) is 0. The molecule has 0 atom stereocenters. The Kier molecular flexibility index (Phi) is 3.72. The molecule has 0 amide bonds. The van der Waals surface area contributed by atoms with Crippen LogP contribution >= 0.6 is 0 Å². The second-order valence-electron chi connectivity index (χ2n) is 7.44. The first-order valence-electron chi connectivity index (χ1n) is 8.68. The molecule has 3 aliphatic rings. The number of aromatic nitrogens is 1. The minimum Gasteiger partial charge on any atom is -0.300 e. The van der Waals surface area contributed by atoms with E-state index in [1.807, 2.05) is 18.5 Å². The van der Waals surface area contributed by atoms with Crippen molar-refractivity contribution in [2.45, 2.75) is 51.1 Å². The van der Waals surface area contributed by atoms with Crippen LogP contribution in [0.5, 0.6) is 0 Å². The largest absolute Gasteiger partial charge is 0.300 e. The maximum absolute atomic E-state index is 4.23. The van der Waals surface area contributed by atoms with E-state index in [1.54, 1.807) is 0 Å². The lowest BCUT2D eigenvalue weighted by atomic mass is 9.60. The number of hydrogen-bond acceptors (Lipinski definition) is 3. The van der Waals surface area contributed by atoms with Crippen molar-refractivity contribution >= 4 is 0 Å². The highest BCUT2D eigenvalue weighted by atomic mass is 15.2. The summed E-state index contributed by atoms with van der Waals surface area (Å²) in [5.41, 5.74) is 2.07. The van der Waals surface area contributed by atoms with Crippen LogP contribution in [0.2, 0.25) is 0 Å². The molecule has 1 aromatic rings. The number of piperidine rings is 1. The van der Waals surface area contributed by atoms with Crippen molar-refractivity contribution in [3.8, 4) is 0 Å². The third-order valence-electron chi connectivity index (χ3n) is 6.04. The zero-order valence-electron chi connectivity index (χ0n) is 13.0. The number of pyridine rings is 1. The third-order valence-corrected chi connectivity index (χ3v) is 6.04. The molecule has 1 saturated carbocycles. The van der Waals surface area contributed by atoms with Gasteiger partial charge >= 0.3 is 0 Å². The number of hydrogen-bond donors (Lipinski definition) is 0. The monoisotopic (exact) mass is 285 g/mol. The third kappa shape index (κ3) is 2.86. The lowest BCUT2D eigenvalue weighted by Gasteiger charge is -2.54. The predicted molar refractivity (Wildman–Crippen MR) is 85.0 cm³/mol. The quantitative estimate of drug-likeness (QED) is 0.851. The highest BCUT2D eigenvalue weighted by Gasteiger charge is 2.47. The fourth-order valence-corrected chi connectivity index (χ4v) is 4.65. The molecule has 3 fully saturated rings. The first-order chi connectivity index (χ1) is 10.3. The molecule has 1 aliphatic carbocycles. The normalized spacial score (nSPS) is 27.0. The van der Waals surface area contributed by atoms with E-state index in [-0.39, 0.29) is 0 Å². The molecule has 0 bridgehead atoms. The van der Waals surface area contributed by atoms with E-state index in [2.05, 4.69) is 20.9 Å². The first-order valence-corrected chi connectivity index (χ1v) is 8.68. The van der Waals surface area contributed by atoms with Gasteiger partial charge in [-0.05, 0) is 81.7 Å². The Morgan fingerprint density at radius 3 is 2.52 bits per heavy atom. The summed E-state index contributed by atoms with van der Waals surface area (Å²) < 4.78 is 0. The van der Waals surface area contributed by atoms with Gasteiger partial charge in [0.2, 0.25) is 0 Å². The van der Waals surface area contributed by atoms with Crippen molar-refractivity contribution in [2.75, 3.05) is 26.2 Å². The van der Waals surface area contributed by atoms with Gasteiger partial charge in [0.05, 0.1) is 0 Å². The van der Waals surface area contributed by atoms with Gasteiger partial charge < -0.3 is 4.90 Å². The maximum atomic E-state index is 4.23. The van der Waals surface area contributed by atoms with E-state index in [1.165, 1.54) is 70.3 Å². The SMILES string of the molecule is c1cncc(CN2CCC3(CC2)CC(N2CCCC2)C3)c1. The Morgan fingerprint density at radius 2 is 1.86 bits per heavy atom. The highest BCUT2D eigenvalue weighted by Crippen LogP contribution is 2.51. The van der Waals surface area contributed by atoms with Crippen LogP contribution in [0, 0.1) is 5.41 Å².